The molecule has 10 heteroatoms. The average Bonchev–Trinajstić information content (AvgIpc) is 3.50. The zero-order valence-corrected chi connectivity index (χ0v) is 23.7. The van der Waals surface area contributed by atoms with Crippen molar-refractivity contribution in [1.82, 2.24) is 9.29 Å². The molecule has 202 valence electrons. The van der Waals surface area contributed by atoms with E-state index in [0.717, 1.165) is 10.0 Å². The number of pyridine rings is 1. The number of nitrogens with one attached hydrogen (secondary N) is 1. The van der Waals surface area contributed by atoms with Crippen molar-refractivity contribution in [2.45, 2.75) is 24.8 Å². The number of carbonyl (C=O) groups is 2. The molecule has 0 fully saturated rings. The number of sulfonamides is 1. The number of fused-ring (bicyclic) bond motifs is 1. The lowest BCUT2D eigenvalue weighted by Crippen LogP contribution is -2.30. The van der Waals surface area contributed by atoms with E-state index in [1.165, 1.54) is 35.1 Å². The number of hydrogen-bond acceptors (Lipinski definition) is 6. The van der Waals surface area contributed by atoms with Crippen molar-refractivity contribution in [3.8, 4) is 11.1 Å². The molecule has 5 rings (SSSR count). The van der Waals surface area contributed by atoms with Crippen molar-refractivity contribution in [1.29, 1.82) is 0 Å². The SMILES string of the molecule is CCC(=O)c1c(-c2ccccc2)c2cc(Br)ccc2c(=O)n1Cc1ccc(S(=O)(=O)NC(=O)c2ccco2)cc1. The zero-order valence-electron chi connectivity index (χ0n) is 21.3. The van der Waals surface area contributed by atoms with Crippen LogP contribution in [-0.2, 0) is 16.6 Å². The molecule has 0 unspecified atom stereocenters. The van der Waals surface area contributed by atoms with Gasteiger partial charge in [-0.2, -0.15) is 0 Å². The van der Waals surface area contributed by atoms with Crippen LogP contribution >= 0.6 is 15.9 Å². The molecule has 0 bridgehead atoms. The van der Waals surface area contributed by atoms with Gasteiger partial charge in [0.15, 0.2) is 11.5 Å². The van der Waals surface area contributed by atoms with E-state index in [0.29, 0.717) is 21.9 Å². The summed E-state index contributed by atoms with van der Waals surface area (Å²) >= 11 is 3.49. The molecule has 5 aromatic rings. The molecule has 0 atom stereocenters. The highest BCUT2D eigenvalue weighted by molar-refractivity contribution is 9.10. The lowest BCUT2D eigenvalue weighted by Gasteiger charge is -2.19. The van der Waals surface area contributed by atoms with Crippen molar-refractivity contribution in [3.05, 3.63) is 123 Å². The Morgan fingerprint density at radius 3 is 2.30 bits per heavy atom. The Bertz CT molecular complexity index is 1900. The molecule has 0 saturated carbocycles. The summed E-state index contributed by atoms with van der Waals surface area (Å²) in [5.41, 5.74) is 2.00. The van der Waals surface area contributed by atoms with Crippen molar-refractivity contribution in [3.63, 3.8) is 0 Å². The number of amides is 1. The first-order chi connectivity index (χ1) is 19.2. The van der Waals surface area contributed by atoms with Gasteiger partial charge in [-0.05, 0) is 59.0 Å². The number of benzene rings is 3. The van der Waals surface area contributed by atoms with Gasteiger partial charge in [-0.15, -0.1) is 0 Å². The summed E-state index contributed by atoms with van der Waals surface area (Å²) in [6.07, 6.45) is 1.45. The molecule has 0 aliphatic heterocycles. The third kappa shape index (κ3) is 5.28. The first kappa shape index (κ1) is 27.3. The minimum absolute atomic E-state index is 0.0326. The summed E-state index contributed by atoms with van der Waals surface area (Å²) in [6, 6.07) is 23.4. The lowest BCUT2D eigenvalue weighted by molar-refractivity contribution is 0.0952. The third-order valence-electron chi connectivity index (χ3n) is 6.43. The summed E-state index contributed by atoms with van der Waals surface area (Å²) in [5, 5.41) is 1.11. The molecular formula is C30H23BrN2O6S. The van der Waals surface area contributed by atoms with Crippen LogP contribution in [0.2, 0.25) is 0 Å². The maximum Gasteiger partial charge on any atom is 0.300 e. The number of Topliss-reactive ketones (excluding diaryl/α,β-unsaturated/α-hetero) is 1. The normalized spacial score (nSPS) is 11.4. The van der Waals surface area contributed by atoms with Crippen molar-refractivity contribution >= 4 is 48.4 Å². The van der Waals surface area contributed by atoms with Crippen LogP contribution in [0.15, 0.2) is 110 Å². The quantitative estimate of drug-likeness (QED) is 0.220. The summed E-state index contributed by atoms with van der Waals surface area (Å²) in [4.78, 5) is 39.2. The predicted octanol–water partition coefficient (Wildman–Crippen LogP) is 5.78. The molecule has 0 radical (unpaired) electrons. The van der Waals surface area contributed by atoms with Crippen LogP contribution in [0, 0.1) is 0 Å². The molecule has 0 aliphatic rings. The van der Waals surface area contributed by atoms with Gasteiger partial charge < -0.3 is 4.42 Å². The topological polar surface area (TPSA) is 115 Å². The molecule has 2 aromatic heterocycles. The summed E-state index contributed by atoms with van der Waals surface area (Å²) in [5.74, 6) is -1.22. The van der Waals surface area contributed by atoms with E-state index < -0.39 is 15.9 Å². The average molecular weight is 619 g/mol. The van der Waals surface area contributed by atoms with E-state index in [4.69, 9.17) is 4.42 Å². The number of ketones is 1. The standard InChI is InChI=1S/C30H23BrN2O6S/c1-2-25(34)28-27(20-7-4-3-5-8-20)24-17-21(31)12-15-23(24)30(36)33(28)18-19-10-13-22(14-11-19)40(37,38)32-29(35)26-9-6-16-39-26/h3-17H,2,18H2,1H3,(H,32,35). The summed E-state index contributed by atoms with van der Waals surface area (Å²) in [7, 11) is -4.17. The van der Waals surface area contributed by atoms with Crippen molar-refractivity contribution < 1.29 is 22.4 Å². The summed E-state index contributed by atoms with van der Waals surface area (Å²) < 4.78 is 34.6. The molecule has 8 nitrogen and oxygen atoms in total. The van der Waals surface area contributed by atoms with E-state index >= 15 is 0 Å². The predicted molar refractivity (Wildman–Crippen MR) is 155 cm³/mol. The van der Waals surface area contributed by atoms with Crippen LogP contribution in [0.5, 0.6) is 0 Å². The molecule has 1 N–H and O–H groups in total. The van der Waals surface area contributed by atoms with Crippen molar-refractivity contribution in [2.75, 3.05) is 0 Å². The van der Waals surface area contributed by atoms with Gasteiger partial charge in [0.25, 0.3) is 15.6 Å². The monoisotopic (exact) mass is 618 g/mol. The summed E-state index contributed by atoms with van der Waals surface area (Å²) in [6.45, 7) is 1.78. The Hall–Kier alpha value is -4.28. The highest BCUT2D eigenvalue weighted by Gasteiger charge is 2.24. The highest BCUT2D eigenvalue weighted by Crippen LogP contribution is 2.33. The number of carbonyl (C=O) groups excluding carboxylic acids is 2. The minimum Gasteiger partial charge on any atom is -0.459 e. The van der Waals surface area contributed by atoms with Crippen LogP contribution in [0.25, 0.3) is 21.9 Å². The van der Waals surface area contributed by atoms with E-state index in [2.05, 4.69) is 15.9 Å². The van der Waals surface area contributed by atoms with Gasteiger partial charge in [-0.3, -0.25) is 19.0 Å². The second-order valence-electron chi connectivity index (χ2n) is 9.00. The van der Waals surface area contributed by atoms with Gasteiger partial charge in [0.2, 0.25) is 0 Å². The van der Waals surface area contributed by atoms with E-state index in [-0.39, 0.29) is 40.7 Å². The molecule has 2 heterocycles. The number of halogens is 1. The zero-order chi connectivity index (χ0) is 28.4. The third-order valence-corrected chi connectivity index (χ3v) is 8.27. The van der Waals surface area contributed by atoms with Gasteiger partial charge in [0.05, 0.1) is 23.4 Å². The molecule has 1 amide bonds. The fraction of sp³-hybridized carbons (Fsp3) is 0.100. The fourth-order valence-corrected chi connectivity index (χ4v) is 5.84. The smallest absolute Gasteiger partial charge is 0.300 e. The Kier molecular flexibility index (Phi) is 7.55. The number of aromatic nitrogens is 1. The first-order valence-electron chi connectivity index (χ1n) is 12.3. The van der Waals surface area contributed by atoms with Crippen LogP contribution in [-0.4, -0.2) is 24.7 Å². The Morgan fingerprint density at radius 1 is 0.925 bits per heavy atom. The number of rotatable bonds is 8. The van der Waals surface area contributed by atoms with Crippen LogP contribution < -0.4 is 10.3 Å². The maximum atomic E-state index is 13.8. The number of furan rings is 1. The molecular weight excluding hydrogens is 596 g/mol. The van der Waals surface area contributed by atoms with E-state index in [1.807, 2.05) is 41.1 Å². The maximum absolute atomic E-state index is 13.8. The largest absolute Gasteiger partial charge is 0.459 e. The Morgan fingerprint density at radius 2 is 1.65 bits per heavy atom. The highest BCUT2D eigenvalue weighted by atomic mass is 79.9. The Labute approximate surface area is 238 Å². The van der Waals surface area contributed by atoms with Crippen LogP contribution in [0.1, 0.15) is 40.0 Å². The number of hydrogen-bond donors (Lipinski definition) is 1. The van der Waals surface area contributed by atoms with Gasteiger partial charge in [0, 0.05) is 21.8 Å². The second kappa shape index (κ2) is 11.1. The van der Waals surface area contributed by atoms with E-state index in [9.17, 15) is 22.8 Å². The second-order valence-corrected chi connectivity index (χ2v) is 11.6. The molecule has 0 spiro atoms. The van der Waals surface area contributed by atoms with Gasteiger partial charge in [-0.1, -0.05) is 65.3 Å². The van der Waals surface area contributed by atoms with Gasteiger partial charge in [-0.25, -0.2) is 13.1 Å². The Balaban J connectivity index is 1.59. The number of nitrogens with zero attached hydrogens (tertiary/aromatic N) is 1. The molecule has 3 aromatic carbocycles. The first-order valence-corrected chi connectivity index (χ1v) is 14.6. The minimum atomic E-state index is -4.17. The van der Waals surface area contributed by atoms with Gasteiger partial charge >= 0.3 is 5.91 Å². The fourth-order valence-electron chi connectivity index (χ4n) is 4.52. The van der Waals surface area contributed by atoms with Crippen LogP contribution in [0.3, 0.4) is 0 Å². The van der Waals surface area contributed by atoms with Crippen molar-refractivity contribution in [2.24, 2.45) is 0 Å². The van der Waals surface area contributed by atoms with Gasteiger partial charge in [0.1, 0.15) is 0 Å². The molecule has 40 heavy (non-hydrogen) atoms. The van der Waals surface area contributed by atoms with Crippen LogP contribution in [0.4, 0.5) is 0 Å². The van der Waals surface area contributed by atoms with E-state index in [1.54, 1.807) is 31.2 Å². The molecule has 0 saturated heterocycles. The molecule has 0 aliphatic carbocycles. The lowest BCUT2D eigenvalue weighted by atomic mass is 9.94.